The summed E-state index contributed by atoms with van der Waals surface area (Å²) < 4.78 is 5.03. The molecule has 2 aromatic heterocycles. The molecule has 2 rings (SSSR count). The molecule has 2 heterocycles. The Hall–Kier alpha value is -1.61. The summed E-state index contributed by atoms with van der Waals surface area (Å²) in [6.07, 6.45) is 1.73. The summed E-state index contributed by atoms with van der Waals surface area (Å²) >= 11 is 5.86. The van der Waals surface area contributed by atoms with Crippen LogP contribution in [0, 0.1) is 0 Å². The summed E-state index contributed by atoms with van der Waals surface area (Å²) in [5.74, 6) is 0.489. The molecule has 2 aromatic rings. The van der Waals surface area contributed by atoms with E-state index in [1.54, 1.807) is 25.4 Å². The van der Waals surface area contributed by atoms with Crippen LogP contribution in [0.4, 0.5) is 0 Å². The van der Waals surface area contributed by atoms with Gasteiger partial charge in [-0.3, -0.25) is 4.98 Å². The Balaban J connectivity index is 2.49. The van der Waals surface area contributed by atoms with Gasteiger partial charge < -0.3 is 4.74 Å². The lowest BCUT2D eigenvalue weighted by Gasteiger charge is -2.03. The lowest BCUT2D eigenvalue weighted by Crippen LogP contribution is -1.90. The van der Waals surface area contributed by atoms with Crippen molar-refractivity contribution < 1.29 is 4.74 Å². The second kappa shape index (κ2) is 4.28. The van der Waals surface area contributed by atoms with Gasteiger partial charge in [0, 0.05) is 17.8 Å². The quantitative estimate of drug-likeness (QED) is 0.730. The maximum absolute atomic E-state index is 5.86. The molecule has 0 N–H and O–H groups in total. The van der Waals surface area contributed by atoms with Crippen LogP contribution in [0.15, 0.2) is 36.5 Å². The van der Waals surface area contributed by atoms with E-state index >= 15 is 0 Å². The van der Waals surface area contributed by atoms with E-state index in [9.17, 15) is 0 Å². The van der Waals surface area contributed by atoms with Gasteiger partial charge in [0.15, 0.2) is 0 Å². The van der Waals surface area contributed by atoms with Crippen molar-refractivity contribution >= 4 is 11.6 Å². The van der Waals surface area contributed by atoms with Crippen LogP contribution in [0.3, 0.4) is 0 Å². The number of methoxy groups -OCH3 is 1. The van der Waals surface area contributed by atoms with Crippen molar-refractivity contribution in [1.29, 1.82) is 0 Å². The van der Waals surface area contributed by atoms with Crippen molar-refractivity contribution in [3.8, 4) is 17.1 Å². The first-order valence-corrected chi connectivity index (χ1v) is 4.80. The summed E-state index contributed by atoms with van der Waals surface area (Å²) in [6.45, 7) is 0. The maximum atomic E-state index is 5.86. The Morgan fingerprint density at radius 2 is 2.13 bits per heavy atom. The molecule has 0 spiro atoms. The third kappa shape index (κ3) is 2.25. The van der Waals surface area contributed by atoms with Gasteiger partial charge in [0.25, 0.3) is 0 Å². The molecule has 0 saturated carbocycles. The molecule has 0 aliphatic carbocycles. The minimum absolute atomic E-state index is 0.398. The summed E-state index contributed by atoms with van der Waals surface area (Å²) in [5.41, 5.74) is 1.74. The third-order valence-electron chi connectivity index (χ3n) is 1.94. The first-order valence-electron chi connectivity index (χ1n) is 4.42. The molecule has 0 aliphatic rings. The lowest BCUT2D eigenvalue weighted by atomic mass is 10.2. The molecule has 4 heteroatoms. The zero-order valence-corrected chi connectivity index (χ0v) is 8.90. The number of hydrogen-bond acceptors (Lipinski definition) is 3. The average molecular weight is 221 g/mol. The predicted molar refractivity (Wildman–Crippen MR) is 59.0 cm³/mol. The number of halogens is 1. The Labute approximate surface area is 92.7 Å². The van der Waals surface area contributed by atoms with E-state index in [0.29, 0.717) is 11.0 Å². The van der Waals surface area contributed by atoms with Gasteiger partial charge in [-0.2, -0.15) is 0 Å². The molecule has 0 unspecified atom stereocenters. The normalized spacial score (nSPS) is 10.0. The van der Waals surface area contributed by atoms with E-state index in [1.807, 2.05) is 18.2 Å². The van der Waals surface area contributed by atoms with E-state index in [0.717, 1.165) is 11.3 Å². The predicted octanol–water partition coefficient (Wildman–Crippen LogP) is 2.81. The van der Waals surface area contributed by atoms with E-state index in [2.05, 4.69) is 9.97 Å². The molecule has 15 heavy (non-hydrogen) atoms. The summed E-state index contributed by atoms with van der Waals surface area (Å²) in [7, 11) is 1.56. The SMILES string of the molecule is COc1cc(-c2ccccn2)cc(Cl)n1. The molecular formula is C11H9ClN2O. The molecular weight excluding hydrogens is 212 g/mol. The largest absolute Gasteiger partial charge is 0.481 e. The number of ether oxygens (including phenoxy) is 1. The fourth-order valence-electron chi connectivity index (χ4n) is 1.26. The van der Waals surface area contributed by atoms with Gasteiger partial charge in [0.2, 0.25) is 5.88 Å². The molecule has 0 aromatic carbocycles. The van der Waals surface area contributed by atoms with E-state index in [4.69, 9.17) is 16.3 Å². The Morgan fingerprint density at radius 1 is 1.27 bits per heavy atom. The van der Waals surface area contributed by atoms with E-state index in [1.165, 1.54) is 0 Å². The molecule has 0 fully saturated rings. The smallest absolute Gasteiger partial charge is 0.215 e. The highest BCUT2D eigenvalue weighted by Crippen LogP contribution is 2.23. The number of nitrogens with zero attached hydrogens (tertiary/aromatic N) is 2. The number of aromatic nitrogens is 2. The van der Waals surface area contributed by atoms with Crippen LogP contribution in [0.1, 0.15) is 0 Å². The van der Waals surface area contributed by atoms with Crippen LogP contribution in [-0.2, 0) is 0 Å². The average Bonchev–Trinajstić information content (AvgIpc) is 2.29. The molecule has 0 radical (unpaired) electrons. The van der Waals surface area contributed by atoms with Crippen molar-refractivity contribution in [3.63, 3.8) is 0 Å². The van der Waals surface area contributed by atoms with Gasteiger partial charge in [-0.1, -0.05) is 17.7 Å². The van der Waals surface area contributed by atoms with Gasteiger partial charge in [-0.25, -0.2) is 4.98 Å². The van der Waals surface area contributed by atoms with Crippen LogP contribution in [0.5, 0.6) is 5.88 Å². The van der Waals surface area contributed by atoms with Gasteiger partial charge in [0.1, 0.15) is 5.15 Å². The highest BCUT2D eigenvalue weighted by Gasteiger charge is 2.03. The van der Waals surface area contributed by atoms with Crippen molar-refractivity contribution in [2.75, 3.05) is 7.11 Å². The minimum atomic E-state index is 0.398. The molecule has 0 amide bonds. The van der Waals surface area contributed by atoms with Gasteiger partial charge in [0.05, 0.1) is 12.8 Å². The van der Waals surface area contributed by atoms with E-state index < -0.39 is 0 Å². The fraction of sp³-hybridized carbons (Fsp3) is 0.0909. The molecule has 76 valence electrons. The number of rotatable bonds is 2. The van der Waals surface area contributed by atoms with Crippen molar-refractivity contribution in [2.45, 2.75) is 0 Å². The monoisotopic (exact) mass is 220 g/mol. The highest BCUT2D eigenvalue weighted by atomic mass is 35.5. The van der Waals surface area contributed by atoms with Crippen LogP contribution < -0.4 is 4.74 Å². The van der Waals surface area contributed by atoms with Crippen molar-refractivity contribution in [3.05, 3.63) is 41.7 Å². The fourth-order valence-corrected chi connectivity index (χ4v) is 1.46. The van der Waals surface area contributed by atoms with Gasteiger partial charge in [-0.15, -0.1) is 0 Å². The third-order valence-corrected chi connectivity index (χ3v) is 2.13. The minimum Gasteiger partial charge on any atom is -0.481 e. The highest BCUT2D eigenvalue weighted by molar-refractivity contribution is 6.29. The Morgan fingerprint density at radius 3 is 2.80 bits per heavy atom. The first kappa shape index (κ1) is 9.93. The van der Waals surface area contributed by atoms with Crippen molar-refractivity contribution in [2.24, 2.45) is 0 Å². The zero-order chi connectivity index (χ0) is 10.7. The number of pyridine rings is 2. The van der Waals surface area contributed by atoms with Gasteiger partial charge in [-0.05, 0) is 18.2 Å². The zero-order valence-electron chi connectivity index (χ0n) is 8.14. The standard InChI is InChI=1S/C11H9ClN2O/c1-15-11-7-8(6-10(12)14-11)9-4-2-3-5-13-9/h2-7H,1H3. The van der Waals surface area contributed by atoms with Crippen LogP contribution in [0.2, 0.25) is 5.15 Å². The Kier molecular flexibility index (Phi) is 2.83. The van der Waals surface area contributed by atoms with Crippen LogP contribution >= 0.6 is 11.6 Å². The molecule has 0 saturated heterocycles. The maximum Gasteiger partial charge on any atom is 0.215 e. The first-order chi connectivity index (χ1) is 7.29. The molecule has 0 atom stereocenters. The number of hydrogen-bond donors (Lipinski definition) is 0. The van der Waals surface area contributed by atoms with Gasteiger partial charge >= 0.3 is 0 Å². The summed E-state index contributed by atoms with van der Waals surface area (Å²) in [5, 5.41) is 0.398. The molecule has 0 aliphatic heterocycles. The lowest BCUT2D eigenvalue weighted by molar-refractivity contribution is 0.398. The van der Waals surface area contributed by atoms with E-state index in [-0.39, 0.29) is 0 Å². The second-order valence-corrected chi connectivity index (χ2v) is 3.32. The Bertz CT molecular complexity index is 459. The topological polar surface area (TPSA) is 35.0 Å². The summed E-state index contributed by atoms with van der Waals surface area (Å²) in [4.78, 5) is 8.22. The van der Waals surface area contributed by atoms with Crippen molar-refractivity contribution in [1.82, 2.24) is 9.97 Å². The second-order valence-electron chi connectivity index (χ2n) is 2.94. The summed E-state index contributed by atoms with van der Waals surface area (Å²) in [6, 6.07) is 9.25. The molecule has 3 nitrogen and oxygen atoms in total. The van der Waals surface area contributed by atoms with Crippen LogP contribution in [0.25, 0.3) is 11.3 Å². The molecule has 0 bridgehead atoms. The van der Waals surface area contributed by atoms with Crippen LogP contribution in [-0.4, -0.2) is 17.1 Å².